The number of hydrogen-bond acceptors (Lipinski definition) is 3. The summed E-state index contributed by atoms with van der Waals surface area (Å²) in [7, 11) is 0. The Bertz CT molecular complexity index is 421. The molecule has 0 spiro atoms. The summed E-state index contributed by atoms with van der Waals surface area (Å²) in [6.07, 6.45) is 0. The predicted octanol–water partition coefficient (Wildman–Crippen LogP) is 0.904. The van der Waals surface area contributed by atoms with Gasteiger partial charge in [-0.1, -0.05) is 22.0 Å². The SMILES string of the molecule is Cc1ccc(Br)cc1C(=O)NOCC(N)=O. The zero-order chi connectivity index (χ0) is 12.1. The Labute approximate surface area is 101 Å². The smallest absolute Gasteiger partial charge is 0.275 e. The van der Waals surface area contributed by atoms with Crippen LogP contribution in [0.15, 0.2) is 22.7 Å². The van der Waals surface area contributed by atoms with Gasteiger partial charge >= 0.3 is 0 Å². The molecule has 1 aromatic rings. The van der Waals surface area contributed by atoms with E-state index in [1.54, 1.807) is 19.1 Å². The Kier molecular flexibility index (Phi) is 4.45. The van der Waals surface area contributed by atoms with Crippen LogP contribution in [0.2, 0.25) is 0 Å². The second-order valence-corrected chi connectivity index (χ2v) is 4.06. The van der Waals surface area contributed by atoms with Crippen molar-refractivity contribution in [2.45, 2.75) is 6.92 Å². The summed E-state index contributed by atoms with van der Waals surface area (Å²) in [5.41, 5.74) is 8.27. The molecule has 3 N–H and O–H groups in total. The highest BCUT2D eigenvalue weighted by molar-refractivity contribution is 9.10. The van der Waals surface area contributed by atoms with Gasteiger partial charge in [0.25, 0.3) is 5.91 Å². The number of primary amides is 1. The van der Waals surface area contributed by atoms with Crippen LogP contribution in [0.1, 0.15) is 15.9 Å². The van der Waals surface area contributed by atoms with Crippen LogP contribution in [0.4, 0.5) is 0 Å². The Morgan fingerprint density at radius 2 is 2.19 bits per heavy atom. The van der Waals surface area contributed by atoms with Crippen molar-refractivity contribution in [1.29, 1.82) is 0 Å². The molecule has 0 fully saturated rings. The average Bonchev–Trinajstić information content (AvgIpc) is 2.21. The number of nitrogens with two attached hydrogens (primary N) is 1. The van der Waals surface area contributed by atoms with Gasteiger partial charge in [0.1, 0.15) is 0 Å². The fourth-order valence-corrected chi connectivity index (χ4v) is 1.43. The lowest BCUT2D eigenvalue weighted by Gasteiger charge is -2.07. The normalized spacial score (nSPS) is 9.88. The Morgan fingerprint density at radius 3 is 2.81 bits per heavy atom. The topological polar surface area (TPSA) is 81.4 Å². The van der Waals surface area contributed by atoms with E-state index in [1.807, 2.05) is 6.07 Å². The maximum absolute atomic E-state index is 11.6. The van der Waals surface area contributed by atoms with Gasteiger partial charge in [-0.05, 0) is 24.6 Å². The number of hydrogen-bond donors (Lipinski definition) is 2. The molecule has 0 radical (unpaired) electrons. The molecular formula is C10H11BrN2O3. The molecule has 1 rings (SSSR count). The van der Waals surface area contributed by atoms with Crippen molar-refractivity contribution >= 4 is 27.7 Å². The van der Waals surface area contributed by atoms with Crippen molar-refractivity contribution < 1.29 is 14.4 Å². The first-order chi connectivity index (χ1) is 7.50. The lowest BCUT2D eigenvalue weighted by Crippen LogP contribution is -2.29. The molecule has 0 atom stereocenters. The van der Waals surface area contributed by atoms with Crippen LogP contribution in [0.25, 0.3) is 0 Å². The molecule has 1 aromatic carbocycles. The third-order valence-corrected chi connectivity index (χ3v) is 2.32. The zero-order valence-electron chi connectivity index (χ0n) is 8.62. The van der Waals surface area contributed by atoms with Crippen molar-refractivity contribution in [2.24, 2.45) is 5.73 Å². The molecule has 0 heterocycles. The molecule has 5 nitrogen and oxygen atoms in total. The lowest BCUT2D eigenvalue weighted by atomic mass is 10.1. The van der Waals surface area contributed by atoms with Crippen LogP contribution in [0, 0.1) is 6.92 Å². The molecular weight excluding hydrogens is 276 g/mol. The van der Waals surface area contributed by atoms with Crippen molar-refractivity contribution in [3.63, 3.8) is 0 Å². The highest BCUT2D eigenvalue weighted by atomic mass is 79.9. The van der Waals surface area contributed by atoms with Gasteiger partial charge in [0.2, 0.25) is 5.91 Å². The average molecular weight is 287 g/mol. The fraction of sp³-hybridized carbons (Fsp3) is 0.200. The largest absolute Gasteiger partial charge is 0.368 e. The second kappa shape index (κ2) is 5.62. The van der Waals surface area contributed by atoms with E-state index in [1.165, 1.54) is 0 Å². The van der Waals surface area contributed by atoms with Crippen LogP contribution in [-0.2, 0) is 9.63 Å². The second-order valence-electron chi connectivity index (χ2n) is 3.15. The van der Waals surface area contributed by atoms with Gasteiger partial charge in [-0.2, -0.15) is 0 Å². The van der Waals surface area contributed by atoms with E-state index < -0.39 is 11.8 Å². The molecule has 2 amide bonds. The summed E-state index contributed by atoms with van der Waals surface area (Å²) in [4.78, 5) is 26.6. The highest BCUT2D eigenvalue weighted by Crippen LogP contribution is 2.15. The van der Waals surface area contributed by atoms with Gasteiger partial charge in [-0.15, -0.1) is 0 Å². The van der Waals surface area contributed by atoms with Crippen LogP contribution in [0.3, 0.4) is 0 Å². The summed E-state index contributed by atoms with van der Waals surface area (Å²) in [5, 5.41) is 0. The number of hydroxylamine groups is 1. The van der Waals surface area contributed by atoms with E-state index >= 15 is 0 Å². The number of benzene rings is 1. The van der Waals surface area contributed by atoms with Crippen LogP contribution in [-0.4, -0.2) is 18.4 Å². The van der Waals surface area contributed by atoms with E-state index in [9.17, 15) is 9.59 Å². The number of nitrogens with one attached hydrogen (secondary N) is 1. The molecule has 0 unspecified atom stereocenters. The van der Waals surface area contributed by atoms with Gasteiger partial charge in [-0.3, -0.25) is 14.4 Å². The monoisotopic (exact) mass is 286 g/mol. The first-order valence-electron chi connectivity index (χ1n) is 4.47. The minimum Gasteiger partial charge on any atom is -0.368 e. The molecule has 86 valence electrons. The van der Waals surface area contributed by atoms with Gasteiger partial charge in [0, 0.05) is 10.0 Å². The fourth-order valence-electron chi connectivity index (χ4n) is 1.07. The minimum absolute atomic E-state index is 0.348. The van der Waals surface area contributed by atoms with Crippen molar-refractivity contribution in [1.82, 2.24) is 5.48 Å². The Hall–Kier alpha value is -1.40. The molecule has 16 heavy (non-hydrogen) atoms. The van der Waals surface area contributed by atoms with Crippen molar-refractivity contribution in [2.75, 3.05) is 6.61 Å². The number of amides is 2. The Morgan fingerprint density at radius 1 is 1.50 bits per heavy atom. The summed E-state index contributed by atoms with van der Waals surface area (Å²) < 4.78 is 0.790. The first kappa shape index (κ1) is 12.7. The van der Waals surface area contributed by atoms with Crippen LogP contribution >= 0.6 is 15.9 Å². The summed E-state index contributed by atoms with van der Waals surface area (Å²) in [6.45, 7) is 1.45. The number of halogens is 1. The predicted molar refractivity (Wildman–Crippen MR) is 61.5 cm³/mol. The maximum Gasteiger partial charge on any atom is 0.275 e. The van der Waals surface area contributed by atoms with Crippen molar-refractivity contribution in [3.05, 3.63) is 33.8 Å². The molecule has 0 aliphatic rings. The number of aryl methyl sites for hydroxylation is 1. The quantitative estimate of drug-likeness (QED) is 0.807. The Balaban J connectivity index is 2.65. The van der Waals surface area contributed by atoms with Crippen LogP contribution in [0.5, 0.6) is 0 Å². The lowest BCUT2D eigenvalue weighted by molar-refractivity contribution is -0.124. The summed E-state index contributed by atoms with van der Waals surface area (Å²) >= 11 is 3.26. The standard InChI is InChI=1S/C10H11BrN2O3/c1-6-2-3-7(11)4-8(6)10(15)13-16-5-9(12)14/h2-4H,5H2,1H3,(H2,12,14)(H,13,15). The molecule has 0 bridgehead atoms. The number of rotatable bonds is 4. The molecule has 0 aliphatic carbocycles. The van der Waals surface area contributed by atoms with Crippen molar-refractivity contribution in [3.8, 4) is 0 Å². The maximum atomic E-state index is 11.6. The van der Waals surface area contributed by atoms with E-state index in [-0.39, 0.29) is 6.61 Å². The molecule has 6 heteroatoms. The summed E-state index contributed by atoms with van der Waals surface area (Å²) in [6, 6.07) is 5.29. The van der Waals surface area contributed by atoms with E-state index in [2.05, 4.69) is 26.2 Å². The van der Waals surface area contributed by atoms with Crippen LogP contribution < -0.4 is 11.2 Å². The molecule has 0 saturated carbocycles. The van der Waals surface area contributed by atoms with Gasteiger partial charge in [0.15, 0.2) is 6.61 Å². The summed E-state index contributed by atoms with van der Waals surface area (Å²) in [5.74, 6) is -1.06. The van der Waals surface area contributed by atoms with Gasteiger partial charge in [-0.25, -0.2) is 5.48 Å². The number of carbonyl (C=O) groups excluding carboxylic acids is 2. The van der Waals surface area contributed by atoms with E-state index in [0.29, 0.717) is 5.56 Å². The van der Waals surface area contributed by atoms with Gasteiger partial charge in [0.05, 0.1) is 0 Å². The molecule has 0 aromatic heterocycles. The van der Waals surface area contributed by atoms with Gasteiger partial charge < -0.3 is 5.73 Å². The molecule has 0 saturated heterocycles. The number of carbonyl (C=O) groups is 2. The third-order valence-electron chi connectivity index (χ3n) is 1.82. The first-order valence-corrected chi connectivity index (χ1v) is 5.26. The molecule has 0 aliphatic heterocycles. The minimum atomic E-state index is -0.647. The zero-order valence-corrected chi connectivity index (χ0v) is 10.2. The third kappa shape index (κ3) is 3.63. The highest BCUT2D eigenvalue weighted by Gasteiger charge is 2.09. The van der Waals surface area contributed by atoms with E-state index in [0.717, 1.165) is 10.0 Å². The van der Waals surface area contributed by atoms with E-state index in [4.69, 9.17) is 5.73 Å².